The Kier molecular flexibility index (Phi) is 5.01. The van der Waals surface area contributed by atoms with Gasteiger partial charge in [0.15, 0.2) is 0 Å². The van der Waals surface area contributed by atoms with Crippen LogP contribution in [0.3, 0.4) is 0 Å². The van der Waals surface area contributed by atoms with E-state index in [2.05, 4.69) is 14.7 Å². The average Bonchev–Trinajstić information content (AvgIpc) is 3.25. The molecule has 0 saturated heterocycles. The largest absolute Gasteiger partial charge is 0.439 e. The van der Waals surface area contributed by atoms with E-state index in [4.69, 9.17) is 4.74 Å². The number of ether oxygens (including phenoxy) is 1. The summed E-state index contributed by atoms with van der Waals surface area (Å²) in [6, 6.07) is 18.8. The Labute approximate surface area is 168 Å². The highest BCUT2D eigenvalue weighted by Gasteiger charge is 2.14. The lowest BCUT2D eigenvalue weighted by molar-refractivity contribution is 0.461. The predicted octanol–water partition coefficient (Wildman–Crippen LogP) is 4.17. The van der Waals surface area contributed by atoms with Crippen molar-refractivity contribution < 1.29 is 13.2 Å². The summed E-state index contributed by atoms with van der Waals surface area (Å²) in [4.78, 5) is 8.53. The molecule has 4 rings (SSSR count). The highest BCUT2D eigenvalue weighted by atomic mass is 32.2. The molecule has 0 fully saturated rings. The first kappa shape index (κ1) is 18.7. The van der Waals surface area contributed by atoms with Crippen LogP contribution in [0.2, 0.25) is 0 Å². The zero-order valence-electron chi connectivity index (χ0n) is 15.6. The van der Waals surface area contributed by atoms with Crippen molar-refractivity contribution in [1.82, 2.24) is 14.5 Å². The molecule has 0 bridgehead atoms. The molecule has 29 heavy (non-hydrogen) atoms. The number of hydrogen-bond donors (Lipinski definition) is 1. The summed E-state index contributed by atoms with van der Waals surface area (Å²) in [5.74, 6) is 1.60. The SMILES string of the molecule is Cc1ccc(S(=O)(=O)Nc2ccc(Oc3cc(-n4cccc4)ncn3)cc2)cc1. The standard InChI is InChI=1S/C21H18N4O3S/c1-16-4-10-19(11-5-16)29(26,27)24-17-6-8-18(9-7-17)28-21-14-20(22-15-23-21)25-12-2-3-13-25/h2-15,24H,1H3. The Morgan fingerprint density at radius 2 is 1.62 bits per heavy atom. The molecule has 0 radical (unpaired) electrons. The second-order valence-corrected chi connectivity index (χ2v) is 8.03. The van der Waals surface area contributed by atoms with E-state index in [0.29, 0.717) is 23.1 Å². The van der Waals surface area contributed by atoms with Gasteiger partial charge in [-0.15, -0.1) is 0 Å². The van der Waals surface area contributed by atoms with Gasteiger partial charge in [0.1, 0.15) is 17.9 Å². The third-order valence-electron chi connectivity index (χ3n) is 4.16. The fraction of sp³-hybridized carbons (Fsp3) is 0.0476. The lowest BCUT2D eigenvalue weighted by Crippen LogP contribution is -2.12. The maximum atomic E-state index is 12.5. The number of aryl methyl sites for hydroxylation is 1. The monoisotopic (exact) mass is 406 g/mol. The quantitative estimate of drug-likeness (QED) is 0.519. The van der Waals surface area contributed by atoms with Crippen molar-refractivity contribution in [3.8, 4) is 17.4 Å². The van der Waals surface area contributed by atoms with Gasteiger partial charge in [-0.1, -0.05) is 17.7 Å². The molecule has 0 atom stereocenters. The molecule has 7 nitrogen and oxygen atoms in total. The number of benzene rings is 2. The first-order valence-electron chi connectivity index (χ1n) is 8.82. The number of aromatic nitrogens is 3. The van der Waals surface area contributed by atoms with E-state index < -0.39 is 10.0 Å². The number of sulfonamides is 1. The third kappa shape index (κ3) is 4.44. The summed E-state index contributed by atoms with van der Waals surface area (Å²) in [5, 5.41) is 0. The normalized spacial score (nSPS) is 11.2. The van der Waals surface area contributed by atoms with Crippen LogP contribution >= 0.6 is 0 Å². The highest BCUT2D eigenvalue weighted by molar-refractivity contribution is 7.92. The second-order valence-electron chi connectivity index (χ2n) is 6.35. The summed E-state index contributed by atoms with van der Waals surface area (Å²) < 4.78 is 35.1. The molecular formula is C21H18N4O3S. The molecule has 1 N–H and O–H groups in total. The van der Waals surface area contributed by atoms with Gasteiger partial charge in [0.25, 0.3) is 10.0 Å². The molecule has 8 heteroatoms. The molecule has 0 amide bonds. The molecule has 146 valence electrons. The van der Waals surface area contributed by atoms with Gasteiger partial charge < -0.3 is 9.30 Å². The van der Waals surface area contributed by atoms with E-state index in [1.54, 1.807) is 54.6 Å². The minimum absolute atomic E-state index is 0.210. The van der Waals surface area contributed by atoms with Crippen molar-refractivity contribution in [2.75, 3.05) is 4.72 Å². The third-order valence-corrected chi connectivity index (χ3v) is 5.55. The zero-order chi connectivity index (χ0) is 20.3. The predicted molar refractivity (Wildman–Crippen MR) is 110 cm³/mol. The van der Waals surface area contributed by atoms with Gasteiger partial charge in [0.2, 0.25) is 5.88 Å². The van der Waals surface area contributed by atoms with E-state index in [-0.39, 0.29) is 4.90 Å². The maximum Gasteiger partial charge on any atom is 0.261 e. The van der Waals surface area contributed by atoms with Gasteiger partial charge in [-0.05, 0) is 55.5 Å². The van der Waals surface area contributed by atoms with Crippen molar-refractivity contribution in [2.45, 2.75) is 11.8 Å². The van der Waals surface area contributed by atoms with Crippen molar-refractivity contribution in [3.05, 3.63) is 91.0 Å². The lowest BCUT2D eigenvalue weighted by atomic mass is 10.2. The Hall–Kier alpha value is -3.65. The molecule has 2 aromatic carbocycles. The number of nitrogens with zero attached hydrogens (tertiary/aromatic N) is 3. The molecule has 0 aliphatic heterocycles. The Balaban J connectivity index is 1.47. The minimum Gasteiger partial charge on any atom is -0.439 e. The summed E-state index contributed by atoms with van der Waals surface area (Å²) in [6.45, 7) is 1.90. The van der Waals surface area contributed by atoms with Crippen LogP contribution in [0.25, 0.3) is 5.82 Å². The van der Waals surface area contributed by atoms with Crippen molar-refractivity contribution in [1.29, 1.82) is 0 Å². The Bertz CT molecular complexity index is 1200. The van der Waals surface area contributed by atoms with Crippen LogP contribution in [0.1, 0.15) is 5.56 Å². The zero-order valence-corrected chi connectivity index (χ0v) is 16.4. The van der Waals surface area contributed by atoms with Gasteiger partial charge in [-0.3, -0.25) is 4.72 Å². The minimum atomic E-state index is -3.65. The maximum absolute atomic E-state index is 12.5. The van der Waals surface area contributed by atoms with Crippen LogP contribution in [0, 0.1) is 6.92 Å². The van der Waals surface area contributed by atoms with Gasteiger partial charge in [0, 0.05) is 24.1 Å². The van der Waals surface area contributed by atoms with E-state index >= 15 is 0 Å². The first-order valence-corrected chi connectivity index (χ1v) is 10.3. The van der Waals surface area contributed by atoms with Crippen LogP contribution < -0.4 is 9.46 Å². The smallest absolute Gasteiger partial charge is 0.261 e. The van der Waals surface area contributed by atoms with Gasteiger partial charge in [0.05, 0.1) is 4.90 Å². The molecule has 2 heterocycles. The molecule has 2 aromatic heterocycles. The van der Waals surface area contributed by atoms with Gasteiger partial charge >= 0.3 is 0 Å². The summed E-state index contributed by atoms with van der Waals surface area (Å²) in [7, 11) is -3.65. The molecule has 0 aliphatic carbocycles. The van der Waals surface area contributed by atoms with Crippen molar-refractivity contribution in [2.24, 2.45) is 0 Å². The van der Waals surface area contributed by atoms with Crippen molar-refractivity contribution in [3.63, 3.8) is 0 Å². The summed E-state index contributed by atoms with van der Waals surface area (Å²) in [6.07, 6.45) is 5.18. The van der Waals surface area contributed by atoms with E-state index in [1.165, 1.54) is 6.33 Å². The lowest BCUT2D eigenvalue weighted by Gasteiger charge is -2.10. The number of anilines is 1. The Morgan fingerprint density at radius 1 is 0.931 bits per heavy atom. The molecule has 0 aliphatic rings. The Morgan fingerprint density at radius 3 is 2.31 bits per heavy atom. The molecule has 0 unspecified atom stereocenters. The average molecular weight is 406 g/mol. The highest BCUT2D eigenvalue weighted by Crippen LogP contribution is 2.24. The first-order chi connectivity index (χ1) is 14.0. The van der Waals surface area contributed by atoms with E-state index in [0.717, 1.165) is 5.56 Å². The van der Waals surface area contributed by atoms with E-state index in [1.807, 2.05) is 36.0 Å². The number of rotatable bonds is 6. The summed E-state index contributed by atoms with van der Waals surface area (Å²) >= 11 is 0. The molecule has 0 saturated carbocycles. The number of hydrogen-bond acceptors (Lipinski definition) is 5. The van der Waals surface area contributed by atoms with Gasteiger partial charge in [-0.25, -0.2) is 18.4 Å². The van der Waals surface area contributed by atoms with Crippen molar-refractivity contribution >= 4 is 15.7 Å². The fourth-order valence-corrected chi connectivity index (χ4v) is 3.72. The number of nitrogens with one attached hydrogen (secondary N) is 1. The van der Waals surface area contributed by atoms with Crippen LogP contribution in [-0.4, -0.2) is 23.0 Å². The van der Waals surface area contributed by atoms with Crippen LogP contribution in [0.4, 0.5) is 5.69 Å². The topological polar surface area (TPSA) is 86.1 Å². The molecular weight excluding hydrogens is 388 g/mol. The molecule has 0 spiro atoms. The summed E-state index contributed by atoms with van der Waals surface area (Å²) in [5.41, 5.74) is 1.43. The second kappa shape index (κ2) is 7.76. The van der Waals surface area contributed by atoms with E-state index in [9.17, 15) is 8.42 Å². The fourth-order valence-electron chi connectivity index (χ4n) is 2.66. The van der Waals surface area contributed by atoms with Crippen LogP contribution in [-0.2, 0) is 10.0 Å². The van der Waals surface area contributed by atoms with Gasteiger partial charge in [-0.2, -0.15) is 0 Å². The molecule has 4 aromatic rings. The van der Waals surface area contributed by atoms with Crippen LogP contribution in [0.15, 0.2) is 90.3 Å². The van der Waals surface area contributed by atoms with Crippen LogP contribution in [0.5, 0.6) is 11.6 Å².